The van der Waals surface area contributed by atoms with E-state index < -0.39 is 0 Å². The first kappa shape index (κ1) is 16.2. The highest BCUT2D eigenvalue weighted by Gasteiger charge is 2.48. The third-order valence-corrected chi connectivity index (χ3v) is 7.05. The van der Waals surface area contributed by atoms with Crippen molar-refractivity contribution < 1.29 is 9.59 Å². The lowest BCUT2D eigenvalue weighted by Gasteiger charge is -2.45. The Kier molecular flexibility index (Phi) is 4.72. The second kappa shape index (κ2) is 6.42. The van der Waals surface area contributed by atoms with Gasteiger partial charge in [0.2, 0.25) is 11.8 Å². The van der Waals surface area contributed by atoms with Gasteiger partial charge in [0.05, 0.1) is 4.87 Å². The van der Waals surface area contributed by atoms with E-state index >= 15 is 0 Å². The van der Waals surface area contributed by atoms with Gasteiger partial charge in [-0.05, 0) is 25.7 Å². The van der Waals surface area contributed by atoms with E-state index in [0.717, 1.165) is 51.1 Å². The summed E-state index contributed by atoms with van der Waals surface area (Å²) in [4.78, 5) is 29.2. The van der Waals surface area contributed by atoms with Crippen LogP contribution >= 0.6 is 11.8 Å². The summed E-state index contributed by atoms with van der Waals surface area (Å²) in [5, 5.41) is 0. The Bertz CT molecular complexity index is 438. The van der Waals surface area contributed by atoms with Crippen LogP contribution in [0.25, 0.3) is 0 Å². The molecule has 0 aromatic heterocycles. The number of likely N-dealkylation sites (tertiary alicyclic amines) is 1. The molecule has 0 radical (unpaired) electrons. The molecule has 0 aromatic carbocycles. The maximum absolute atomic E-state index is 12.9. The van der Waals surface area contributed by atoms with Gasteiger partial charge >= 0.3 is 0 Å². The number of rotatable bonds is 2. The predicted molar refractivity (Wildman–Crippen MR) is 89.5 cm³/mol. The molecule has 4 nitrogen and oxygen atoms in total. The van der Waals surface area contributed by atoms with Gasteiger partial charge in [-0.3, -0.25) is 9.59 Å². The highest BCUT2D eigenvalue weighted by atomic mass is 32.2. The maximum Gasteiger partial charge on any atom is 0.226 e. The van der Waals surface area contributed by atoms with Gasteiger partial charge in [0.15, 0.2) is 0 Å². The number of hydrogen-bond acceptors (Lipinski definition) is 3. The number of nitrogens with zero attached hydrogens (tertiary/aromatic N) is 2. The topological polar surface area (TPSA) is 40.6 Å². The first-order valence-corrected chi connectivity index (χ1v) is 9.76. The normalized spacial score (nSPS) is 25.4. The number of piperidine rings is 1. The van der Waals surface area contributed by atoms with Crippen LogP contribution in [0.2, 0.25) is 0 Å². The fourth-order valence-electron chi connectivity index (χ4n) is 4.17. The van der Waals surface area contributed by atoms with Crippen LogP contribution in [0.15, 0.2) is 0 Å². The zero-order valence-corrected chi connectivity index (χ0v) is 14.7. The maximum atomic E-state index is 12.9. The van der Waals surface area contributed by atoms with Crippen molar-refractivity contribution in [1.82, 2.24) is 9.80 Å². The molecule has 2 amide bonds. The van der Waals surface area contributed by atoms with E-state index in [9.17, 15) is 9.59 Å². The third-order valence-electron chi connectivity index (χ3n) is 5.50. The lowest BCUT2D eigenvalue weighted by atomic mass is 9.98. The molecule has 3 rings (SSSR count). The molecule has 1 spiro atoms. The van der Waals surface area contributed by atoms with Gasteiger partial charge < -0.3 is 9.80 Å². The van der Waals surface area contributed by atoms with Crippen LogP contribution in [0.5, 0.6) is 0 Å². The Balaban J connectivity index is 1.65. The molecule has 0 aromatic rings. The van der Waals surface area contributed by atoms with E-state index in [1.165, 1.54) is 12.8 Å². The molecule has 0 bridgehead atoms. The number of thioether (sulfide) groups is 1. The minimum absolute atomic E-state index is 0.0204. The van der Waals surface area contributed by atoms with Crippen molar-refractivity contribution in [3.8, 4) is 0 Å². The number of carbonyl (C=O) groups is 2. The van der Waals surface area contributed by atoms with E-state index in [1.807, 2.05) is 30.5 Å². The molecule has 3 fully saturated rings. The molecule has 3 aliphatic rings. The van der Waals surface area contributed by atoms with Crippen molar-refractivity contribution in [2.45, 2.75) is 57.2 Å². The van der Waals surface area contributed by atoms with Gasteiger partial charge in [0.1, 0.15) is 0 Å². The minimum Gasteiger partial charge on any atom is -0.342 e. The predicted octanol–water partition coefficient (Wildman–Crippen LogP) is 2.73. The summed E-state index contributed by atoms with van der Waals surface area (Å²) in [6.07, 6.45) is 6.45. The molecule has 1 aliphatic carbocycles. The Labute approximate surface area is 138 Å². The van der Waals surface area contributed by atoms with E-state index in [0.29, 0.717) is 5.91 Å². The lowest BCUT2D eigenvalue weighted by molar-refractivity contribution is -0.141. The highest BCUT2D eigenvalue weighted by molar-refractivity contribution is 8.00. The monoisotopic (exact) mass is 324 g/mol. The summed E-state index contributed by atoms with van der Waals surface area (Å²) < 4.78 is 0. The molecule has 22 heavy (non-hydrogen) atoms. The van der Waals surface area contributed by atoms with Crippen LogP contribution in [0.3, 0.4) is 0 Å². The second-order valence-corrected chi connectivity index (χ2v) is 8.70. The molecule has 124 valence electrons. The molecule has 5 heteroatoms. The van der Waals surface area contributed by atoms with Gasteiger partial charge in [-0.2, -0.15) is 0 Å². The van der Waals surface area contributed by atoms with Gasteiger partial charge in [-0.1, -0.05) is 26.7 Å². The van der Waals surface area contributed by atoms with Crippen LogP contribution in [-0.2, 0) is 9.59 Å². The van der Waals surface area contributed by atoms with Gasteiger partial charge in [0, 0.05) is 37.2 Å². The molecule has 0 unspecified atom stereocenters. The highest BCUT2D eigenvalue weighted by Crippen LogP contribution is 2.45. The Morgan fingerprint density at radius 3 is 2.32 bits per heavy atom. The number of amides is 2. The van der Waals surface area contributed by atoms with Crippen molar-refractivity contribution in [3.63, 3.8) is 0 Å². The average Bonchev–Trinajstić information content (AvgIpc) is 3.17. The van der Waals surface area contributed by atoms with E-state index in [4.69, 9.17) is 0 Å². The van der Waals surface area contributed by atoms with Crippen molar-refractivity contribution >= 4 is 23.6 Å². The first-order valence-electron chi connectivity index (χ1n) is 8.78. The average molecular weight is 324 g/mol. The smallest absolute Gasteiger partial charge is 0.226 e. The van der Waals surface area contributed by atoms with Gasteiger partial charge in [0.25, 0.3) is 0 Å². The fraction of sp³-hybridized carbons (Fsp3) is 0.882. The Hall–Kier alpha value is -0.710. The van der Waals surface area contributed by atoms with Crippen LogP contribution < -0.4 is 0 Å². The van der Waals surface area contributed by atoms with E-state index in [2.05, 4.69) is 4.90 Å². The summed E-state index contributed by atoms with van der Waals surface area (Å²) in [5.74, 6) is 2.04. The zero-order chi connectivity index (χ0) is 15.7. The molecule has 2 saturated heterocycles. The number of hydrogen-bond donors (Lipinski definition) is 0. The first-order chi connectivity index (χ1) is 10.5. The van der Waals surface area contributed by atoms with Crippen LogP contribution in [-0.4, -0.2) is 51.9 Å². The third kappa shape index (κ3) is 2.89. The quantitative estimate of drug-likeness (QED) is 0.784. The van der Waals surface area contributed by atoms with Crippen LogP contribution in [0.1, 0.15) is 52.4 Å². The SMILES string of the molecule is CC(C)C(=O)N1CCC2(CC1)SCCN2C(=O)C1CCCC1. The number of carbonyl (C=O) groups excluding carboxylic acids is 2. The van der Waals surface area contributed by atoms with Crippen molar-refractivity contribution in [3.05, 3.63) is 0 Å². The summed E-state index contributed by atoms with van der Waals surface area (Å²) >= 11 is 1.95. The van der Waals surface area contributed by atoms with Crippen molar-refractivity contribution in [1.29, 1.82) is 0 Å². The zero-order valence-electron chi connectivity index (χ0n) is 13.8. The summed E-state index contributed by atoms with van der Waals surface area (Å²) in [7, 11) is 0. The van der Waals surface area contributed by atoms with E-state index in [-0.39, 0.29) is 22.6 Å². The minimum atomic E-state index is -0.0204. The van der Waals surface area contributed by atoms with Gasteiger partial charge in [-0.15, -0.1) is 11.8 Å². The molecular weight excluding hydrogens is 296 g/mol. The standard InChI is InChI=1S/C17H28N2O2S/c1-13(2)15(20)18-9-7-17(8-10-18)19(11-12-22-17)16(21)14-5-3-4-6-14/h13-14H,3-12H2,1-2H3. The molecule has 2 aliphatic heterocycles. The molecule has 0 N–H and O–H groups in total. The van der Waals surface area contributed by atoms with Crippen LogP contribution in [0, 0.1) is 11.8 Å². The molecule has 2 heterocycles. The molecule has 1 saturated carbocycles. The Morgan fingerprint density at radius 1 is 1.09 bits per heavy atom. The summed E-state index contributed by atoms with van der Waals surface area (Å²) in [6, 6.07) is 0. The fourth-order valence-corrected chi connectivity index (χ4v) is 5.63. The Morgan fingerprint density at radius 2 is 1.73 bits per heavy atom. The molecule has 0 atom stereocenters. The summed E-state index contributed by atoms with van der Waals surface area (Å²) in [5.41, 5.74) is 0. The summed E-state index contributed by atoms with van der Waals surface area (Å²) in [6.45, 7) is 6.44. The second-order valence-electron chi connectivity index (χ2n) is 7.25. The van der Waals surface area contributed by atoms with E-state index in [1.54, 1.807) is 0 Å². The van der Waals surface area contributed by atoms with Crippen molar-refractivity contribution in [2.75, 3.05) is 25.4 Å². The van der Waals surface area contributed by atoms with Gasteiger partial charge in [-0.25, -0.2) is 0 Å². The largest absolute Gasteiger partial charge is 0.342 e. The lowest BCUT2D eigenvalue weighted by Crippen LogP contribution is -2.55. The van der Waals surface area contributed by atoms with Crippen molar-refractivity contribution in [2.24, 2.45) is 11.8 Å². The molecular formula is C17H28N2O2S. The van der Waals surface area contributed by atoms with Crippen LogP contribution in [0.4, 0.5) is 0 Å².